The number of nitrogens with one attached hydrogen (secondary N) is 1. The maximum absolute atomic E-state index is 9.84. The highest BCUT2D eigenvalue weighted by Crippen LogP contribution is 2.20. The van der Waals surface area contributed by atoms with Crippen LogP contribution in [0.3, 0.4) is 0 Å². The van der Waals surface area contributed by atoms with Gasteiger partial charge in [0.2, 0.25) is 0 Å². The van der Waals surface area contributed by atoms with E-state index in [4.69, 9.17) is 0 Å². The van der Waals surface area contributed by atoms with Gasteiger partial charge < -0.3 is 10.4 Å². The van der Waals surface area contributed by atoms with E-state index in [9.17, 15) is 5.11 Å². The number of rotatable bonds is 3. The number of thiol groups is 1. The monoisotopic (exact) mass is 189 g/mol. The summed E-state index contributed by atoms with van der Waals surface area (Å²) in [5.74, 6) is 0.390. The molecule has 0 spiro atoms. The van der Waals surface area contributed by atoms with Crippen LogP contribution in [-0.2, 0) is 0 Å². The zero-order valence-corrected chi connectivity index (χ0v) is 8.72. The van der Waals surface area contributed by atoms with Gasteiger partial charge in [-0.2, -0.15) is 12.6 Å². The maximum atomic E-state index is 9.84. The predicted molar refractivity (Wildman–Crippen MR) is 54.6 cm³/mol. The molecule has 72 valence electrons. The summed E-state index contributed by atoms with van der Waals surface area (Å²) in [6.07, 6.45) is 1.83. The summed E-state index contributed by atoms with van der Waals surface area (Å²) in [6, 6.07) is 0.266. The topological polar surface area (TPSA) is 32.3 Å². The lowest BCUT2D eigenvalue weighted by atomic mass is 9.95. The third kappa shape index (κ3) is 2.38. The molecular formula is C9H19NOS. The molecule has 0 bridgehead atoms. The zero-order chi connectivity index (χ0) is 9.14. The fraction of sp³-hybridized carbons (Fsp3) is 1.00. The summed E-state index contributed by atoms with van der Waals surface area (Å²) in [4.78, 5) is 0. The number of hydrogen-bond acceptors (Lipinski definition) is 3. The van der Waals surface area contributed by atoms with Gasteiger partial charge in [0, 0.05) is 17.8 Å². The van der Waals surface area contributed by atoms with Gasteiger partial charge in [0.1, 0.15) is 0 Å². The van der Waals surface area contributed by atoms with Crippen LogP contribution in [0.1, 0.15) is 26.7 Å². The van der Waals surface area contributed by atoms with Gasteiger partial charge in [-0.3, -0.25) is 0 Å². The Morgan fingerprint density at radius 3 is 2.75 bits per heavy atom. The van der Waals surface area contributed by atoms with Gasteiger partial charge in [0.15, 0.2) is 0 Å². The van der Waals surface area contributed by atoms with Gasteiger partial charge in [-0.05, 0) is 12.3 Å². The van der Waals surface area contributed by atoms with Crippen molar-refractivity contribution < 1.29 is 5.11 Å². The molecule has 2 N–H and O–H groups in total. The molecular weight excluding hydrogens is 170 g/mol. The largest absolute Gasteiger partial charge is 0.391 e. The quantitative estimate of drug-likeness (QED) is 0.580. The Morgan fingerprint density at radius 2 is 2.33 bits per heavy atom. The van der Waals surface area contributed by atoms with Gasteiger partial charge in [0.25, 0.3) is 0 Å². The SMILES string of the molecule is CC[C@@H](C)[C@@H](O)[C@@H]1C[C@H](S)CN1. The first kappa shape index (κ1) is 10.4. The van der Waals surface area contributed by atoms with Crippen LogP contribution in [0.15, 0.2) is 0 Å². The smallest absolute Gasteiger partial charge is 0.0718 e. The molecule has 0 amide bonds. The van der Waals surface area contributed by atoms with Gasteiger partial charge >= 0.3 is 0 Å². The molecule has 4 atom stereocenters. The normalized spacial score (nSPS) is 35.0. The van der Waals surface area contributed by atoms with Gasteiger partial charge in [-0.15, -0.1) is 0 Å². The fourth-order valence-corrected chi connectivity index (χ4v) is 1.98. The molecule has 1 aliphatic rings. The number of aliphatic hydroxyl groups is 1. The van der Waals surface area contributed by atoms with E-state index in [0.717, 1.165) is 19.4 Å². The van der Waals surface area contributed by atoms with E-state index < -0.39 is 0 Å². The Balaban J connectivity index is 2.37. The molecule has 0 unspecified atom stereocenters. The summed E-state index contributed by atoms with van der Waals surface area (Å²) >= 11 is 4.37. The summed E-state index contributed by atoms with van der Waals surface area (Å²) < 4.78 is 0. The molecule has 0 saturated carbocycles. The lowest BCUT2D eigenvalue weighted by molar-refractivity contribution is 0.0812. The van der Waals surface area contributed by atoms with E-state index in [1.165, 1.54) is 0 Å². The van der Waals surface area contributed by atoms with Crippen molar-refractivity contribution in [2.75, 3.05) is 6.54 Å². The van der Waals surface area contributed by atoms with Crippen molar-refractivity contribution in [2.24, 2.45) is 5.92 Å². The molecule has 1 rings (SSSR count). The third-order valence-electron chi connectivity index (χ3n) is 2.78. The Hall–Kier alpha value is 0.270. The summed E-state index contributed by atoms with van der Waals surface area (Å²) in [5, 5.41) is 13.6. The van der Waals surface area contributed by atoms with Crippen molar-refractivity contribution in [3.05, 3.63) is 0 Å². The van der Waals surface area contributed by atoms with E-state index in [-0.39, 0.29) is 12.1 Å². The van der Waals surface area contributed by atoms with Crippen molar-refractivity contribution in [2.45, 2.75) is 44.1 Å². The number of aliphatic hydroxyl groups excluding tert-OH is 1. The van der Waals surface area contributed by atoms with Crippen LogP contribution in [-0.4, -0.2) is 29.0 Å². The van der Waals surface area contributed by atoms with Crippen LogP contribution in [0.25, 0.3) is 0 Å². The standard InChI is InChI=1S/C9H19NOS/c1-3-6(2)9(11)8-4-7(12)5-10-8/h6-12H,3-5H2,1-2H3/t6-,7+,8+,9-/m1/s1. The van der Waals surface area contributed by atoms with Gasteiger partial charge in [0.05, 0.1) is 6.10 Å². The van der Waals surface area contributed by atoms with E-state index in [0.29, 0.717) is 11.2 Å². The Bertz CT molecular complexity index is 142. The molecule has 0 aromatic carbocycles. The summed E-state index contributed by atoms with van der Waals surface area (Å²) in [5.41, 5.74) is 0. The van der Waals surface area contributed by atoms with E-state index >= 15 is 0 Å². The summed E-state index contributed by atoms with van der Waals surface area (Å²) in [7, 11) is 0. The second-order valence-electron chi connectivity index (χ2n) is 3.78. The first-order valence-corrected chi connectivity index (χ1v) is 5.26. The lowest BCUT2D eigenvalue weighted by Crippen LogP contribution is -2.38. The molecule has 12 heavy (non-hydrogen) atoms. The second kappa shape index (κ2) is 4.49. The van der Waals surface area contributed by atoms with Crippen molar-refractivity contribution in [1.29, 1.82) is 0 Å². The highest BCUT2D eigenvalue weighted by molar-refractivity contribution is 7.81. The first-order valence-electron chi connectivity index (χ1n) is 4.74. The molecule has 0 radical (unpaired) electrons. The molecule has 0 aliphatic carbocycles. The average molecular weight is 189 g/mol. The van der Waals surface area contributed by atoms with Crippen LogP contribution in [0, 0.1) is 5.92 Å². The highest BCUT2D eigenvalue weighted by atomic mass is 32.1. The molecule has 1 heterocycles. The van der Waals surface area contributed by atoms with Crippen molar-refractivity contribution in [1.82, 2.24) is 5.32 Å². The van der Waals surface area contributed by atoms with Crippen molar-refractivity contribution in [3.8, 4) is 0 Å². The van der Waals surface area contributed by atoms with Crippen LogP contribution < -0.4 is 5.32 Å². The third-order valence-corrected chi connectivity index (χ3v) is 3.17. The molecule has 0 aromatic heterocycles. The van der Waals surface area contributed by atoms with Gasteiger partial charge in [-0.1, -0.05) is 20.3 Å². The molecule has 2 nitrogen and oxygen atoms in total. The number of hydrogen-bond donors (Lipinski definition) is 3. The highest BCUT2D eigenvalue weighted by Gasteiger charge is 2.29. The minimum absolute atomic E-state index is 0.202. The zero-order valence-electron chi connectivity index (χ0n) is 7.83. The molecule has 1 fully saturated rings. The van der Waals surface area contributed by atoms with E-state index in [1.807, 2.05) is 0 Å². The minimum atomic E-state index is -0.202. The Kier molecular flexibility index (Phi) is 3.87. The predicted octanol–water partition coefficient (Wildman–Crippen LogP) is 1.05. The molecule has 1 aliphatic heterocycles. The summed E-state index contributed by atoms with van der Waals surface area (Å²) in [6.45, 7) is 5.14. The molecule has 1 saturated heterocycles. The molecule has 0 aromatic rings. The van der Waals surface area contributed by atoms with Crippen LogP contribution >= 0.6 is 12.6 Å². The second-order valence-corrected chi connectivity index (χ2v) is 4.51. The van der Waals surface area contributed by atoms with Gasteiger partial charge in [-0.25, -0.2) is 0 Å². The van der Waals surface area contributed by atoms with Crippen LogP contribution in [0.2, 0.25) is 0 Å². The Morgan fingerprint density at radius 1 is 1.67 bits per heavy atom. The van der Waals surface area contributed by atoms with Crippen LogP contribution in [0.4, 0.5) is 0 Å². The minimum Gasteiger partial charge on any atom is -0.391 e. The van der Waals surface area contributed by atoms with E-state index in [1.54, 1.807) is 0 Å². The lowest BCUT2D eigenvalue weighted by Gasteiger charge is -2.23. The van der Waals surface area contributed by atoms with E-state index in [2.05, 4.69) is 31.8 Å². The maximum Gasteiger partial charge on any atom is 0.0718 e. The Labute approximate surface area is 80.2 Å². The molecule has 3 heteroatoms. The van der Waals surface area contributed by atoms with Crippen molar-refractivity contribution in [3.63, 3.8) is 0 Å². The average Bonchev–Trinajstić information content (AvgIpc) is 2.49. The first-order chi connectivity index (χ1) is 5.65. The van der Waals surface area contributed by atoms with Crippen molar-refractivity contribution >= 4 is 12.6 Å². The van der Waals surface area contributed by atoms with Crippen LogP contribution in [0.5, 0.6) is 0 Å². The fourth-order valence-electron chi connectivity index (χ4n) is 1.65.